The summed E-state index contributed by atoms with van der Waals surface area (Å²) in [4.78, 5) is 21.0. The maximum atomic E-state index is 11.5. The maximum Gasteiger partial charge on any atom is 0.167 e. The number of carboxylic acid groups (broad SMARTS) is 1. The number of benzene rings is 3. The molecule has 0 unspecified atom stereocenters. The lowest BCUT2D eigenvalue weighted by Crippen LogP contribution is -2.24. The van der Waals surface area contributed by atoms with E-state index in [1.165, 1.54) is 6.07 Å². The molecule has 0 fully saturated rings. The Bertz CT molecular complexity index is 953. The third kappa shape index (κ3) is 2.93. The van der Waals surface area contributed by atoms with Crippen molar-refractivity contribution < 1.29 is 9.90 Å². The quantitative estimate of drug-likeness (QED) is 0.733. The predicted octanol–water partition coefficient (Wildman–Crippen LogP) is 3.04. The SMILES string of the molecule is O=C([O-])c1ccccc1C1N=C(c2ccccc2)C(c2ccccc2)=N1. The molecule has 0 saturated carbocycles. The van der Waals surface area contributed by atoms with Crippen molar-refractivity contribution in [3.8, 4) is 0 Å². The van der Waals surface area contributed by atoms with Crippen molar-refractivity contribution in [2.75, 3.05) is 0 Å². The van der Waals surface area contributed by atoms with Crippen LogP contribution in [0.4, 0.5) is 0 Å². The number of hydrogen-bond donors (Lipinski definition) is 0. The minimum atomic E-state index is -1.22. The molecule has 0 aliphatic carbocycles. The van der Waals surface area contributed by atoms with E-state index in [0.717, 1.165) is 22.6 Å². The smallest absolute Gasteiger partial charge is 0.167 e. The molecule has 0 aromatic heterocycles. The van der Waals surface area contributed by atoms with E-state index >= 15 is 0 Å². The van der Waals surface area contributed by atoms with Gasteiger partial charge in [0, 0.05) is 22.3 Å². The molecule has 0 N–H and O–H groups in total. The second-order valence-electron chi connectivity index (χ2n) is 5.94. The second-order valence-corrected chi connectivity index (χ2v) is 5.94. The summed E-state index contributed by atoms with van der Waals surface area (Å²) in [6.45, 7) is 0. The van der Waals surface area contributed by atoms with Gasteiger partial charge in [0.15, 0.2) is 6.17 Å². The molecule has 126 valence electrons. The highest BCUT2D eigenvalue weighted by atomic mass is 16.4. The van der Waals surface area contributed by atoms with Gasteiger partial charge in [0.25, 0.3) is 0 Å². The van der Waals surface area contributed by atoms with E-state index in [1.807, 2.05) is 60.7 Å². The van der Waals surface area contributed by atoms with Crippen LogP contribution >= 0.6 is 0 Å². The van der Waals surface area contributed by atoms with Crippen LogP contribution in [0.1, 0.15) is 33.2 Å². The topological polar surface area (TPSA) is 64.8 Å². The van der Waals surface area contributed by atoms with Crippen LogP contribution in [0.5, 0.6) is 0 Å². The molecule has 1 aliphatic heterocycles. The number of rotatable bonds is 4. The molecular formula is C22H15N2O2-. The fraction of sp³-hybridized carbons (Fsp3) is 0.0455. The molecule has 0 amide bonds. The molecule has 4 nitrogen and oxygen atoms in total. The molecule has 3 aromatic rings. The molecule has 4 heteroatoms. The summed E-state index contributed by atoms with van der Waals surface area (Å²) in [5.74, 6) is -1.22. The standard InChI is InChI=1S/C22H16N2O2/c25-22(26)18-14-8-7-13-17(18)21-23-19(15-9-3-1-4-10-15)20(24-21)16-11-5-2-6-12-16/h1-14,21H,(H,25,26)/p-1. The van der Waals surface area contributed by atoms with Gasteiger partial charge in [-0.3, -0.25) is 9.98 Å². The summed E-state index contributed by atoms with van der Waals surface area (Å²) in [5, 5.41) is 11.5. The van der Waals surface area contributed by atoms with E-state index in [0.29, 0.717) is 5.56 Å². The number of carboxylic acids is 1. The summed E-state index contributed by atoms with van der Waals surface area (Å²) in [6, 6.07) is 26.3. The number of aliphatic imine (C=N–C) groups is 2. The van der Waals surface area contributed by atoms with E-state index in [2.05, 4.69) is 0 Å². The summed E-state index contributed by atoms with van der Waals surface area (Å²) >= 11 is 0. The second kappa shape index (κ2) is 6.76. The largest absolute Gasteiger partial charge is 0.545 e. The summed E-state index contributed by atoms with van der Waals surface area (Å²) in [7, 11) is 0. The number of hydrogen-bond acceptors (Lipinski definition) is 4. The van der Waals surface area contributed by atoms with Crippen molar-refractivity contribution in [1.82, 2.24) is 0 Å². The van der Waals surface area contributed by atoms with Crippen LogP contribution in [0.2, 0.25) is 0 Å². The lowest BCUT2D eigenvalue weighted by Gasteiger charge is -2.12. The van der Waals surface area contributed by atoms with Gasteiger partial charge < -0.3 is 9.90 Å². The van der Waals surface area contributed by atoms with Gasteiger partial charge in [-0.25, -0.2) is 0 Å². The van der Waals surface area contributed by atoms with Gasteiger partial charge in [0.1, 0.15) is 0 Å². The molecule has 0 atom stereocenters. The van der Waals surface area contributed by atoms with Crippen LogP contribution in [-0.4, -0.2) is 17.4 Å². The number of aromatic carboxylic acids is 1. The average Bonchev–Trinajstić information content (AvgIpc) is 3.15. The Morgan fingerprint density at radius 1 is 0.692 bits per heavy atom. The monoisotopic (exact) mass is 339 g/mol. The van der Waals surface area contributed by atoms with Crippen LogP contribution < -0.4 is 5.11 Å². The lowest BCUT2D eigenvalue weighted by molar-refractivity contribution is -0.255. The first-order valence-electron chi connectivity index (χ1n) is 8.31. The molecule has 26 heavy (non-hydrogen) atoms. The Hall–Kier alpha value is -3.53. The lowest BCUT2D eigenvalue weighted by atomic mass is 10.0. The summed E-state index contributed by atoms with van der Waals surface area (Å²) in [5.41, 5.74) is 4.07. The number of carbonyl (C=O) groups excluding carboxylic acids is 1. The van der Waals surface area contributed by atoms with Gasteiger partial charge in [-0.15, -0.1) is 0 Å². The fourth-order valence-electron chi connectivity index (χ4n) is 3.06. The van der Waals surface area contributed by atoms with Gasteiger partial charge in [0.2, 0.25) is 0 Å². The van der Waals surface area contributed by atoms with Gasteiger partial charge in [0.05, 0.1) is 17.4 Å². The summed E-state index contributed by atoms with van der Waals surface area (Å²) < 4.78 is 0. The van der Waals surface area contributed by atoms with Gasteiger partial charge in [-0.1, -0.05) is 84.9 Å². The highest BCUT2D eigenvalue weighted by Crippen LogP contribution is 2.30. The Labute approximate surface area is 151 Å². The van der Waals surface area contributed by atoms with Crippen LogP contribution in [0.25, 0.3) is 0 Å². The zero-order valence-electron chi connectivity index (χ0n) is 13.9. The molecule has 0 saturated heterocycles. The molecule has 0 bridgehead atoms. The third-order valence-electron chi connectivity index (χ3n) is 4.28. The van der Waals surface area contributed by atoms with Crippen LogP contribution in [0, 0.1) is 0 Å². The summed E-state index contributed by atoms with van der Waals surface area (Å²) in [6.07, 6.45) is -0.602. The first kappa shape index (κ1) is 16.0. The zero-order valence-corrected chi connectivity index (χ0v) is 13.9. The highest BCUT2D eigenvalue weighted by Gasteiger charge is 2.26. The zero-order chi connectivity index (χ0) is 17.9. The van der Waals surface area contributed by atoms with E-state index in [4.69, 9.17) is 9.98 Å². The Morgan fingerprint density at radius 2 is 1.15 bits per heavy atom. The third-order valence-corrected chi connectivity index (χ3v) is 4.28. The fourth-order valence-corrected chi connectivity index (χ4v) is 3.06. The first-order valence-corrected chi connectivity index (χ1v) is 8.31. The highest BCUT2D eigenvalue weighted by molar-refractivity contribution is 6.54. The van der Waals surface area contributed by atoms with Crippen molar-refractivity contribution in [1.29, 1.82) is 0 Å². The molecule has 1 heterocycles. The van der Waals surface area contributed by atoms with Crippen molar-refractivity contribution in [3.63, 3.8) is 0 Å². The van der Waals surface area contributed by atoms with E-state index < -0.39 is 12.1 Å². The molecule has 1 aliphatic rings. The van der Waals surface area contributed by atoms with Gasteiger partial charge in [-0.05, 0) is 0 Å². The van der Waals surface area contributed by atoms with Gasteiger partial charge >= 0.3 is 0 Å². The van der Waals surface area contributed by atoms with E-state index in [9.17, 15) is 9.90 Å². The Kier molecular flexibility index (Phi) is 4.15. The van der Waals surface area contributed by atoms with Crippen molar-refractivity contribution in [3.05, 3.63) is 107 Å². The minimum absolute atomic E-state index is 0.117. The maximum absolute atomic E-state index is 11.5. The van der Waals surface area contributed by atoms with E-state index in [-0.39, 0.29) is 5.56 Å². The normalized spacial score (nSPS) is 14.0. The van der Waals surface area contributed by atoms with E-state index in [1.54, 1.807) is 18.2 Å². The average molecular weight is 339 g/mol. The van der Waals surface area contributed by atoms with Gasteiger partial charge in [-0.2, -0.15) is 0 Å². The Morgan fingerprint density at radius 3 is 1.65 bits per heavy atom. The Balaban J connectivity index is 1.86. The minimum Gasteiger partial charge on any atom is -0.545 e. The van der Waals surface area contributed by atoms with Crippen LogP contribution in [-0.2, 0) is 0 Å². The van der Waals surface area contributed by atoms with Crippen molar-refractivity contribution >= 4 is 17.4 Å². The number of carbonyl (C=O) groups is 1. The molecular weight excluding hydrogens is 324 g/mol. The first-order chi connectivity index (χ1) is 12.7. The van der Waals surface area contributed by atoms with Crippen LogP contribution in [0.15, 0.2) is 94.9 Å². The number of nitrogens with zero attached hydrogens (tertiary/aromatic N) is 2. The molecule has 4 rings (SSSR count). The van der Waals surface area contributed by atoms with Crippen LogP contribution in [0.3, 0.4) is 0 Å². The predicted molar refractivity (Wildman–Crippen MR) is 99.5 cm³/mol. The van der Waals surface area contributed by atoms with Crippen molar-refractivity contribution in [2.45, 2.75) is 6.17 Å². The molecule has 0 spiro atoms. The molecule has 0 radical (unpaired) electrons. The molecule has 3 aromatic carbocycles. The van der Waals surface area contributed by atoms with Crippen molar-refractivity contribution in [2.24, 2.45) is 9.98 Å².